The standard InChI is InChI=1S/C21H23N5O3S/c1-14-5-3-4-6-17(14)24-20(27)16(13-22)11-15-7-8-19(18(12-15)26(28)29)30-21-23-9-10-25(21)2/h7-12,14,17H,3-6H2,1-2H3,(H,24,27). The molecule has 1 amide bonds. The van der Waals surface area contributed by atoms with Gasteiger partial charge in [0.25, 0.3) is 11.6 Å². The summed E-state index contributed by atoms with van der Waals surface area (Å²) in [7, 11) is 1.81. The molecule has 2 atom stereocenters. The minimum atomic E-state index is -0.474. The van der Waals surface area contributed by atoms with E-state index in [0.29, 0.717) is 21.5 Å². The summed E-state index contributed by atoms with van der Waals surface area (Å²) >= 11 is 1.18. The van der Waals surface area contributed by atoms with Gasteiger partial charge in [0.05, 0.1) is 9.82 Å². The average molecular weight is 426 g/mol. The molecule has 1 aliphatic carbocycles. The molecule has 156 valence electrons. The molecule has 3 rings (SSSR count). The molecule has 1 aromatic heterocycles. The van der Waals surface area contributed by atoms with Crippen molar-refractivity contribution >= 4 is 29.4 Å². The van der Waals surface area contributed by atoms with Crippen LogP contribution in [-0.4, -0.2) is 26.4 Å². The van der Waals surface area contributed by atoms with Crippen molar-refractivity contribution in [1.82, 2.24) is 14.9 Å². The lowest BCUT2D eigenvalue weighted by molar-refractivity contribution is -0.387. The average Bonchev–Trinajstić information content (AvgIpc) is 3.13. The monoisotopic (exact) mass is 425 g/mol. The van der Waals surface area contributed by atoms with Crippen LogP contribution in [0.2, 0.25) is 0 Å². The number of amides is 1. The fourth-order valence-electron chi connectivity index (χ4n) is 3.49. The van der Waals surface area contributed by atoms with E-state index in [1.165, 1.54) is 23.9 Å². The van der Waals surface area contributed by atoms with Crippen LogP contribution >= 0.6 is 11.8 Å². The second-order valence-electron chi connectivity index (χ2n) is 7.42. The molecule has 1 N–H and O–H groups in total. The zero-order valence-electron chi connectivity index (χ0n) is 16.9. The number of hydrogen-bond acceptors (Lipinski definition) is 6. The normalized spacial score (nSPS) is 19.2. The van der Waals surface area contributed by atoms with Crippen molar-refractivity contribution in [3.8, 4) is 6.07 Å². The first-order valence-electron chi connectivity index (χ1n) is 9.75. The first-order chi connectivity index (χ1) is 14.4. The molecule has 0 saturated heterocycles. The Labute approximate surface area is 179 Å². The maximum absolute atomic E-state index is 12.6. The van der Waals surface area contributed by atoms with Crippen LogP contribution in [0.1, 0.15) is 38.2 Å². The second-order valence-corrected chi connectivity index (χ2v) is 8.43. The molecule has 9 heteroatoms. The molecular formula is C21H23N5O3S. The highest BCUT2D eigenvalue weighted by atomic mass is 32.2. The van der Waals surface area contributed by atoms with Gasteiger partial charge in [-0.3, -0.25) is 14.9 Å². The maximum atomic E-state index is 12.6. The van der Waals surface area contributed by atoms with Crippen LogP contribution in [-0.2, 0) is 11.8 Å². The molecule has 1 aromatic carbocycles. The molecule has 1 heterocycles. The fourth-order valence-corrected chi connectivity index (χ4v) is 4.38. The smallest absolute Gasteiger partial charge is 0.283 e. The summed E-state index contributed by atoms with van der Waals surface area (Å²) in [6.07, 6.45) is 8.94. The van der Waals surface area contributed by atoms with Crippen LogP contribution < -0.4 is 5.32 Å². The number of nitro benzene ring substituents is 1. The van der Waals surface area contributed by atoms with E-state index in [0.717, 1.165) is 25.7 Å². The van der Waals surface area contributed by atoms with Gasteiger partial charge in [0.15, 0.2) is 5.16 Å². The van der Waals surface area contributed by atoms with E-state index in [-0.39, 0.29) is 17.3 Å². The van der Waals surface area contributed by atoms with Gasteiger partial charge in [0.2, 0.25) is 0 Å². The van der Waals surface area contributed by atoms with E-state index < -0.39 is 10.8 Å². The Morgan fingerprint density at radius 3 is 2.83 bits per heavy atom. The van der Waals surface area contributed by atoms with Gasteiger partial charge in [-0.25, -0.2) is 4.98 Å². The number of rotatable bonds is 6. The van der Waals surface area contributed by atoms with E-state index in [9.17, 15) is 20.2 Å². The van der Waals surface area contributed by atoms with Gasteiger partial charge in [-0.1, -0.05) is 25.8 Å². The van der Waals surface area contributed by atoms with Gasteiger partial charge >= 0.3 is 0 Å². The van der Waals surface area contributed by atoms with Crippen molar-refractivity contribution in [1.29, 1.82) is 5.26 Å². The van der Waals surface area contributed by atoms with Crippen LogP contribution in [0.15, 0.2) is 46.2 Å². The van der Waals surface area contributed by atoms with E-state index in [1.807, 2.05) is 13.1 Å². The lowest BCUT2D eigenvalue weighted by Gasteiger charge is -2.29. The van der Waals surface area contributed by atoms with E-state index >= 15 is 0 Å². The molecule has 2 unspecified atom stereocenters. The summed E-state index contributed by atoms with van der Waals surface area (Å²) in [6.45, 7) is 2.10. The summed E-state index contributed by atoms with van der Waals surface area (Å²) < 4.78 is 1.77. The van der Waals surface area contributed by atoms with Crippen molar-refractivity contribution in [3.63, 3.8) is 0 Å². The molecule has 0 spiro atoms. The van der Waals surface area contributed by atoms with Gasteiger partial charge in [0.1, 0.15) is 11.6 Å². The van der Waals surface area contributed by atoms with Crippen LogP contribution in [0.3, 0.4) is 0 Å². The van der Waals surface area contributed by atoms with E-state index in [2.05, 4.69) is 17.2 Å². The Morgan fingerprint density at radius 2 is 2.20 bits per heavy atom. The summed E-state index contributed by atoms with van der Waals surface area (Å²) in [4.78, 5) is 28.3. The lowest BCUT2D eigenvalue weighted by Crippen LogP contribution is -2.41. The van der Waals surface area contributed by atoms with Gasteiger partial charge in [-0.2, -0.15) is 5.26 Å². The number of aryl methyl sites for hydroxylation is 1. The third-order valence-electron chi connectivity index (χ3n) is 5.26. The third kappa shape index (κ3) is 5.07. The van der Waals surface area contributed by atoms with Crippen LogP contribution in [0, 0.1) is 27.4 Å². The number of nitrogens with one attached hydrogen (secondary N) is 1. The van der Waals surface area contributed by atoms with Crippen LogP contribution in [0.5, 0.6) is 0 Å². The molecule has 0 radical (unpaired) electrons. The van der Waals surface area contributed by atoms with Crippen LogP contribution in [0.4, 0.5) is 5.69 Å². The number of aromatic nitrogens is 2. The number of benzene rings is 1. The summed E-state index contributed by atoms with van der Waals surface area (Å²) in [5, 5.41) is 24.6. The minimum Gasteiger partial charge on any atom is -0.348 e. The highest BCUT2D eigenvalue weighted by Crippen LogP contribution is 2.34. The third-order valence-corrected chi connectivity index (χ3v) is 6.40. The molecule has 1 fully saturated rings. The van der Waals surface area contributed by atoms with Crippen molar-refractivity contribution in [2.24, 2.45) is 13.0 Å². The number of nitro groups is 1. The summed E-state index contributed by atoms with van der Waals surface area (Å²) in [6, 6.07) is 6.62. The van der Waals surface area contributed by atoms with E-state index in [4.69, 9.17) is 0 Å². The van der Waals surface area contributed by atoms with Crippen molar-refractivity contribution in [3.05, 3.63) is 51.8 Å². The number of hydrogen-bond donors (Lipinski definition) is 1. The topological polar surface area (TPSA) is 114 Å². The number of imidazole rings is 1. The summed E-state index contributed by atoms with van der Waals surface area (Å²) in [5.41, 5.74) is 0.260. The zero-order chi connectivity index (χ0) is 21.7. The first-order valence-corrected chi connectivity index (χ1v) is 10.6. The van der Waals surface area contributed by atoms with Crippen molar-refractivity contribution < 1.29 is 9.72 Å². The van der Waals surface area contributed by atoms with Crippen molar-refractivity contribution in [2.75, 3.05) is 0 Å². The van der Waals surface area contributed by atoms with E-state index in [1.54, 1.807) is 29.1 Å². The van der Waals surface area contributed by atoms with Crippen molar-refractivity contribution in [2.45, 2.75) is 48.7 Å². The Hall–Kier alpha value is -3.12. The quantitative estimate of drug-likeness (QED) is 0.323. The second kappa shape index (κ2) is 9.59. The minimum absolute atomic E-state index is 0.0499. The van der Waals surface area contributed by atoms with Gasteiger partial charge in [-0.05, 0) is 48.2 Å². The lowest BCUT2D eigenvalue weighted by atomic mass is 9.86. The number of nitrogens with zero attached hydrogens (tertiary/aromatic N) is 4. The summed E-state index contributed by atoms with van der Waals surface area (Å²) in [5.74, 6) is -0.0727. The van der Waals surface area contributed by atoms with Gasteiger partial charge in [-0.15, -0.1) is 0 Å². The Balaban J connectivity index is 1.82. The first kappa shape index (κ1) is 21.6. The molecule has 30 heavy (non-hydrogen) atoms. The number of nitriles is 1. The Morgan fingerprint density at radius 1 is 1.43 bits per heavy atom. The number of carbonyl (C=O) groups excluding carboxylic acids is 1. The molecular weight excluding hydrogens is 402 g/mol. The molecule has 1 saturated carbocycles. The predicted octanol–water partition coefficient (Wildman–Crippen LogP) is 4.08. The highest BCUT2D eigenvalue weighted by Gasteiger charge is 2.24. The molecule has 1 aliphatic rings. The SMILES string of the molecule is CC1CCCCC1NC(=O)C(C#N)=Cc1ccc(Sc2nccn2C)c([N+](=O)[O-])c1. The molecule has 0 bridgehead atoms. The Kier molecular flexibility index (Phi) is 6.90. The maximum Gasteiger partial charge on any atom is 0.283 e. The fraction of sp³-hybridized carbons (Fsp3) is 0.381. The van der Waals surface area contributed by atoms with Crippen LogP contribution in [0.25, 0.3) is 6.08 Å². The Bertz CT molecular complexity index is 1020. The predicted molar refractivity (Wildman–Crippen MR) is 114 cm³/mol. The van der Waals surface area contributed by atoms with Gasteiger partial charge in [0, 0.05) is 31.5 Å². The zero-order valence-corrected chi connectivity index (χ0v) is 17.7. The number of carbonyl (C=O) groups is 1. The van der Waals surface area contributed by atoms with Gasteiger partial charge < -0.3 is 9.88 Å². The highest BCUT2D eigenvalue weighted by molar-refractivity contribution is 7.99. The largest absolute Gasteiger partial charge is 0.348 e. The molecule has 2 aromatic rings. The molecule has 0 aliphatic heterocycles. The molecule has 8 nitrogen and oxygen atoms in total.